The summed E-state index contributed by atoms with van der Waals surface area (Å²) in [5.74, 6) is 0.526. The molecule has 1 aromatic heterocycles. The third-order valence-electron chi connectivity index (χ3n) is 3.69. The predicted octanol–water partition coefficient (Wildman–Crippen LogP) is 2.85. The molecule has 1 aromatic rings. The number of hydrogen-bond acceptors (Lipinski definition) is 2. The number of alkyl halides is 3. The molecule has 0 spiro atoms. The van der Waals surface area contributed by atoms with E-state index in [0.29, 0.717) is 5.92 Å². The van der Waals surface area contributed by atoms with Crippen LogP contribution in [0.3, 0.4) is 0 Å². The summed E-state index contributed by atoms with van der Waals surface area (Å²) < 4.78 is 39.1. The van der Waals surface area contributed by atoms with Crippen LogP contribution in [0.15, 0.2) is 12.3 Å². The Morgan fingerprint density at radius 2 is 2.11 bits per heavy atom. The van der Waals surface area contributed by atoms with Gasteiger partial charge in [0.15, 0.2) is 5.69 Å². The van der Waals surface area contributed by atoms with Gasteiger partial charge in [-0.1, -0.05) is 6.92 Å². The zero-order valence-electron chi connectivity index (χ0n) is 10.5. The summed E-state index contributed by atoms with van der Waals surface area (Å²) in [6.07, 6.45) is 0.0278. The Labute approximate surface area is 104 Å². The van der Waals surface area contributed by atoms with Crippen molar-refractivity contribution >= 4 is 0 Å². The number of nitrogens with one attached hydrogen (secondary N) is 1. The van der Waals surface area contributed by atoms with Gasteiger partial charge in [-0.15, -0.1) is 0 Å². The van der Waals surface area contributed by atoms with Gasteiger partial charge in [0.1, 0.15) is 0 Å². The average molecular weight is 261 g/mol. The molecule has 3 unspecified atom stereocenters. The van der Waals surface area contributed by atoms with E-state index in [9.17, 15) is 13.2 Å². The zero-order chi connectivity index (χ0) is 13.3. The average Bonchev–Trinajstić information content (AvgIpc) is 2.77. The molecule has 1 aliphatic carbocycles. The third-order valence-corrected chi connectivity index (χ3v) is 3.69. The minimum Gasteiger partial charge on any atom is -0.315 e. The zero-order valence-corrected chi connectivity index (χ0v) is 10.5. The third kappa shape index (κ3) is 2.68. The summed E-state index contributed by atoms with van der Waals surface area (Å²) in [4.78, 5) is 0. The van der Waals surface area contributed by atoms with Gasteiger partial charge in [-0.25, -0.2) is 0 Å². The molecule has 0 amide bonds. The van der Waals surface area contributed by atoms with Gasteiger partial charge in [-0.05, 0) is 38.3 Å². The highest BCUT2D eigenvalue weighted by atomic mass is 19.4. The van der Waals surface area contributed by atoms with Crippen molar-refractivity contribution in [2.75, 3.05) is 7.05 Å². The topological polar surface area (TPSA) is 29.9 Å². The Balaban J connectivity index is 2.20. The molecular weight excluding hydrogens is 243 g/mol. The van der Waals surface area contributed by atoms with Crippen LogP contribution in [0.5, 0.6) is 0 Å². The Bertz CT molecular complexity index is 400. The lowest BCUT2D eigenvalue weighted by atomic mass is 9.83. The van der Waals surface area contributed by atoms with Crippen LogP contribution in [0.4, 0.5) is 13.2 Å². The SMILES string of the molecule is CNC1CCC(C)CC1n1ccc(C(F)(F)F)n1. The minimum absolute atomic E-state index is 0.00912. The Kier molecular flexibility index (Phi) is 3.66. The van der Waals surface area contributed by atoms with Gasteiger partial charge in [-0.2, -0.15) is 18.3 Å². The first kappa shape index (κ1) is 13.4. The van der Waals surface area contributed by atoms with Crippen LogP contribution in [0.1, 0.15) is 37.9 Å². The first-order chi connectivity index (χ1) is 8.41. The fraction of sp³-hybridized carbons (Fsp3) is 0.750. The highest BCUT2D eigenvalue weighted by Crippen LogP contribution is 2.34. The maximum Gasteiger partial charge on any atom is 0.435 e. The lowest BCUT2D eigenvalue weighted by Gasteiger charge is -2.34. The number of nitrogens with zero attached hydrogens (tertiary/aromatic N) is 2. The van der Waals surface area contributed by atoms with Crippen LogP contribution in [-0.2, 0) is 6.18 Å². The molecule has 3 nitrogen and oxygen atoms in total. The van der Waals surface area contributed by atoms with Crippen molar-refractivity contribution in [3.8, 4) is 0 Å². The number of aromatic nitrogens is 2. The van der Waals surface area contributed by atoms with Crippen molar-refractivity contribution in [2.24, 2.45) is 5.92 Å². The molecule has 102 valence electrons. The second kappa shape index (κ2) is 4.91. The maximum atomic E-state index is 12.5. The molecule has 6 heteroatoms. The summed E-state index contributed by atoms with van der Waals surface area (Å²) in [5, 5.41) is 6.87. The van der Waals surface area contributed by atoms with E-state index in [1.807, 2.05) is 7.05 Å². The van der Waals surface area contributed by atoms with Crippen molar-refractivity contribution in [2.45, 2.75) is 44.4 Å². The molecule has 18 heavy (non-hydrogen) atoms. The van der Waals surface area contributed by atoms with E-state index in [1.54, 1.807) is 0 Å². The molecule has 1 aliphatic rings. The summed E-state index contributed by atoms with van der Waals surface area (Å²) in [6.45, 7) is 2.13. The number of likely N-dealkylation sites (N-methyl/N-ethyl adjacent to an activating group) is 1. The monoisotopic (exact) mass is 261 g/mol. The van der Waals surface area contributed by atoms with Crippen LogP contribution in [-0.4, -0.2) is 22.9 Å². The van der Waals surface area contributed by atoms with E-state index in [0.717, 1.165) is 25.3 Å². The van der Waals surface area contributed by atoms with Gasteiger partial charge in [0.05, 0.1) is 6.04 Å². The molecule has 0 bridgehead atoms. The van der Waals surface area contributed by atoms with E-state index in [4.69, 9.17) is 0 Å². The molecule has 0 saturated heterocycles. The minimum atomic E-state index is -4.36. The summed E-state index contributed by atoms with van der Waals surface area (Å²) in [6, 6.07) is 1.25. The van der Waals surface area contributed by atoms with Crippen molar-refractivity contribution in [3.63, 3.8) is 0 Å². The smallest absolute Gasteiger partial charge is 0.315 e. The normalized spacial score (nSPS) is 29.5. The van der Waals surface area contributed by atoms with Gasteiger partial charge in [0.2, 0.25) is 0 Å². The van der Waals surface area contributed by atoms with Crippen molar-refractivity contribution < 1.29 is 13.2 Å². The Morgan fingerprint density at radius 1 is 1.39 bits per heavy atom. The highest BCUT2D eigenvalue weighted by Gasteiger charge is 2.35. The van der Waals surface area contributed by atoms with E-state index in [2.05, 4.69) is 17.3 Å². The summed E-state index contributed by atoms with van der Waals surface area (Å²) in [5.41, 5.74) is -0.810. The van der Waals surface area contributed by atoms with Crippen molar-refractivity contribution in [1.82, 2.24) is 15.1 Å². The number of hydrogen-bond donors (Lipinski definition) is 1. The lowest BCUT2D eigenvalue weighted by Crippen LogP contribution is -2.40. The number of rotatable bonds is 2. The van der Waals surface area contributed by atoms with Gasteiger partial charge in [-0.3, -0.25) is 4.68 Å². The van der Waals surface area contributed by atoms with Crippen LogP contribution < -0.4 is 5.32 Å². The summed E-state index contributed by atoms with van der Waals surface area (Å²) in [7, 11) is 1.85. The number of halogens is 3. The van der Waals surface area contributed by atoms with E-state index in [-0.39, 0.29) is 12.1 Å². The molecule has 3 atom stereocenters. The first-order valence-electron chi connectivity index (χ1n) is 6.21. The fourth-order valence-corrected chi connectivity index (χ4v) is 2.65. The molecule has 2 rings (SSSR count). The molecule has 0 aliphatic heterocycles. The van der Waals surface area contributed by atoms with Crippen molar-refractivity contribution in [1.29, 1.82) is 0 Å². The largest absolute Gasteiger partial charge is 0.435 e. The molecule has 1 fully saturated rings. The van der Waals surface area contributed by atoms with Crippen LogP contribution in [0, 0.1) is 5.92 Å². The molecular formula is C12H18F3N3. The molecule has 1 heterocycles. The molecule has 0 aromatic carbocycles. The van der Waals surface area contributed by atoms with Crippen LogP contribution >= 0.6 is 0 Å². The van der Waals surface area contributed by atoms with Crippen LogP contribution in [0.25, 0.3) is 0 Å². The molecule has 0 radical (unpaired) electrons. The predicted molar refractivity (Wildman–Crippen MR) is 62.1 cm³/mol. The molecule has 1 N–H and O–H groups in total. The van der Waals surface area contributed by atoms with E-state index < -0.39 is 11.9 Å². The van der Waals surface area contributed by atoms with E-state index >= 15 is 0 Å². The van der Waals surface area contributed by atoms with Gasteiger partial charge in [0.25, 0.3) is 0 Å². The lowest BCUT2D eigenvalue weighted by molar-refractivity contribution is -0.141. The second-order valence-corrected chi connectivity index (χ2v) is 5.06. The first-order valence-corrected chi connectivity index (χ1v) is 6.21. The van der Waals surface area contributed by atoms with Gasteiger partial charge in [0, 0.05) is 12.2 Å². The van der Waals surface area contributed by atoms with E-state index in [1.165, 1.54) is 10.9 Å². The van der Waals surface area contributed by atoms with Gasteiger partial charge < -0.3 is 5.32 Å². The quantitative estimate of drug-likeness (QED) is 0.887. The standard InChI is InChI=1S/C12H18F3N3/c1-8-3-4-9(16-2)10(7-8)18-6-5-11(17-18)12(13,14)15/h5-6,8-10,16H,3-4,7H2,1-2H3. The van der Waals surface area contributed by atoms with Crippen molar-refractivity contribution in [3.05, 3.63) is 18.0 Å². The fourth-order valence-electron chi connectivity index (χ4n) is 2.65. The Hall–Kier alpha value is -1.04. The Morgan fingerprint density at radius 3 is 2.67 bits per heavy atom. The van der Waals surface area contributed by atoms with Crippen LogP contribution in [0.2, 0.25) is 0 Å². The summed E-state index contributed by atoms with van der Waals surface area (Å²) >= 11 is 0. The molecule has 1 saturated carbocycles. The maximum absolute atomic E-state index is 12.5. The second-order valence-electron chi connectivity index (χ2n) is 5.06. The van der Waals surface area contributed by atoms with Gasteiger partial charge >= 0.3 is 6.18 Å². The highest BCUT2D eigenvalue weighted by molar-refractivity contribution is 5.05.